The van der Waals surface area contributed by atoms with Crippen LogP contribution in [0.5, 0.6) is 0 Å². The van der Waals surface area contributed by atoms with E-state index in [1.807, 2.05) is 0 Å². The Bertz CT molecular complexity index is 614. The summed E-state index contributed by atoms with van der Waals surface area (Å²) in [5.41, 5.74) is -2.93. The second-order valence-electron chi connectivity index (χ2n) is 4.20. The van der Waals surface area contributed by atoms with Crippen molar-refractivity contribution in [3.05, 3.63) is 29.8 Å². The molecule has 0 aliphatic carbocycles. The fourth-order valence-electron chi connectivity index (χ4n) is 1.45. The van der Waals surface area contributed by atoms with Gasteiger partial charge in [0.1, 0.15) is 11.4 Å². The zero-order chi connectivity index (χ0) is 15.0. The van der Waals surface area contributed by atoms with E-state index in [1.54, 1.807) is 0 Å². The highest BCUT2D eigenvalue weighted by molar-refractivity contribution is 7.87. The molecule has 0 aromatic heterocycles. The maximum atomic E-state index is 13.6. The van der Waals surface area contributed by atoms with Crippen LogP contribution < -0.4 is 4.31 Å². The van der Waals surface area contributed by atoms with Gasteiger partial charge in [0.15, 0.2) is 5.82 Å². The van der Waals surface area contributed by atoms with E-state index < -0.39 is 39.1 Å². The van der Waals surface area contributed by atoms with Gasteiger partial charge in [-0.3, -0.25) is 4.55 Å². The van der Waals surface area contributed by atoms with E-state index in [9.17, 15) is 22.0 Å². The molecule has 6 nitrogen and oxygen atoms in total. The average Bonchev–Trinajstić information content (AvgIpc) is 2.19. The van der Waals surface area contributed by atoms with Crippen molar-refractivity contribution in [1.82, 2.24) is 0 Å². The second kappa shape index (κ2) is 4.74. The number of rotatable bonds is 4. The fraction of sp³-hybridized carbons (Fsp3) is 0.300. The molecule has 0 heterocycles. The third kappa shape index (κ3) is 2.99. The zero-order valence-electron chi connectivity index (χ0n) is 9.96. The van der Waals surface area contributed by atoms with E-state index in [1.165, 1.54) is 0 Å². The van der Waals surface area contributed by atoms with Crippen LogP contribution in [-0.4, -0.2) is 29.6 Å². The molecular weight excluding hydrogens is 284 g/mol. The Morgan fingerprint density at radius 3 is 2.21 bits per heavy atom. The van der Waals surface area contributed by atoms with Gasteiger partial charge in [0.2, 0.25) is 0 Å². The maximum absolute atomic E-state index is 13.6. The maximum Gasteiger partial charge on any atom is 0.361 e. The first-order chi connectivity index (χ1) is 8.48. The summed E-state index contributed by atoms with van der Waals surface area (Å²) >= 11 is 0. The van der Waals surface area contributed by atoms with Gasteiger partial charge in [-0.15, -0.1) is 0 Å². The Balaban J connectivity index is 3.55. The Morgan fingerprint density at radius 1 is 1.32 bits per heavy atom. The third-order valence-electron chi connectivity index (χ3n) is 2.39. The molecular formula is C10H11F2NO5S. The van der Waals surface area contributed by atoms with Crippen LogP contribution in [0.25, 0.3) is 0 Å². The summed E-state index contributed by atoms with van der Waals surface area (Å²) in [6, 6.07) is 1.85. The van der Waals surface area contributed by atoms with Gasteiger partial charge >= 0.3 is 16.3 Å². The molecule has 0 fully saturated rings. The number of hydrogen-bond acceptors (Lipinski definition) is 3. The van der Waals surface area contributed by atoms with Crippen LogP contribution in [0.4, 0.5) is 14.5 Å². The number of halogens is 2. The summed E-state index contributed by atoms with van der Waals surface area (Å²) in [6.45, 7) is 1.90. The summed E-state index contributed by atoms with van der Waals surface area (Å²) < 4.78 is 58.0. The fourth-order valence-corrected chi connectivity index (χ4v) is 2.50. The highest BCUT2D eigenvalue weighted by Gasteiger charge is 2.43. The minimum atomic E-state index is -5.07. The molecule has 0 saturated heterocycles. The normalized spacial score (nSPS) is 12.3. The molecule has 0 radical (unpaired) electrons. The van der Waals surface area contributed by atoms with Crippen LogP contribution in [0.1, 0.15) is 13.8 Å². The molecule has 0 aliphatic heterocycles. The summed E-state index contributed by atoms with van der Waals surface area (Å²) in [7, 11) is -5.07. The highest BCUT2D eigenvalue weighted by Crippen LogP contribution is 2.30. The number of carbonyl (C=O) groups is 1. The van der Waals surface area contributed by atoms with Gasteiger partial charge in [0.25, 0.3) is 0 Å². The Hall–Kier alpha value is -1.74. The summed E-state index contributed by atoms with van der Waals surface area (Å²) in [5, 5.41) is 8.97. The largest absolute Gasteiger partial charge is 0.479 e. The van der Waals surface area contributed by atoms with Crippen LogP contribution in [-0.2, 0) is 15.1 Å². The van der Waals surface area contributed by atoms with Crippen LogP contribution in [0.15, 0.2) is 18.2 Å². The molecule has 0 bridgehead atoms. The van der Waals surface area contributed by atoms with Crippen molar-refractivity contribution < 1.29 is 31.7 Å². The van der Waals surface area contributed by atoms with Crippen molar-refractivity contribution in [2.75, 3.05) is 4.31 Å². The molecule has 0 spiro atoms. The van der Waals surface area contributed by atoms with Crippen LogP contribution in [0.2, 0.25) is 0 Å². The lowest BCUT2D eigenvalue weighted by Gasteiger charge is -2.33. The molecule has 2 N–H and O–H groups in total. The molecule has 0 amide bonds. The van der Waals surface area contributed by atoms with E-state index in [4.69, 9.17) is 9.66 Å². The number of carboxylic acid groups (broad SMARTS) is 1. The predicted molar refractivity (Wildman–Crippen MR) is 62.1 cm³/mol. The molecule has 0 saturated carbocycles. The quantitative estimate of drug-likeness (QED) is 0.819. The first-order valence-electron chi connectivity index (χ1n) is 4.94. The molecule has 19 heavy (non-hydrogen) atoms. The van der Waals surface area contributed by atoms with E-state index in [2.05, 4.69) is 0 Å². The average molecular weight is 295 g/mol. The van der Waals surface area contributed by atoms with Gasteiger partial charge < -0.3 is 5.11 Å². The van der Waals surface area contributed by atoms with Crippen LogP contribution >= 0.6 is 0 Å². The minimum Gasteiger partial charge on any atom is -0.479 e. The van der Waals surface area contributed by atoms with E-state index in [0.29, 0.717) is 6.07 Å². The standard InChI is InChI=1S/C10H11F2NO5S/c1-10(2,9(14)15)13(19(16,17)18)8-4-3-6(11)5-7(8)12/h3-5H,1-2H3,(H,14,15)(H,16,17,18). The zero-order valence-corrected chi connectivity index (χ0v) is 10.8. The molecule has 1 rings (SSSR count). The molecule has 0 unspecified atom stereocenters. The molecule has 1 aromatic carbocycles. The lowest BCUT2D eigenvalue weighted by Crippen LogP contribution is -2.53. The van der Waals surface area contributed by atoms with E-state index in [-0.39, 0.29) is 4.31 Å². The van der Waals surface area contributed by atoms with Gasteiger partial charge in [0.05, 0.1) is 5.69 Å². The Kier molecular flexibility index (Phi) is 3.82. The van der Waals surface area contributed by atoms with Crippen molar-refractivity contribution in [2.45, 2.75) is 19.4 Å². The molecule has 0 atom stereocenters. The predicted octanol–water partition coefficient (Wildman–Crippen LogP) is 1.44. The Morgan fingerprint density at radius 2 is 1.84 bits per heavy atom. The topological polar surface area (TPSA) is 94.9 Å². The van der Waals surface area contributed by atoms with E-state index in [0.717, 1.165) is 26.0 Å². The highest BCUT2D eigenvalue weighted by atomic mass is 32.2. The minimum absolute atomic E-state index is 0.0306. The SMILES string of the molecule is CC(C)(C(=O)O)N(c1ccc(F)cc1F)S(=O)(=O)O. The van der Waals surface area contributed by atoms with Crippen molar-refractivity contribution in [3.63, 3.8) is 0 Å². The van der Waals surface area contributed by atoms with Crippen molar-refractivity contribution in [1.29, 1.82) is 0 Å². The van der Waals surface area contributed by atoms with Gasteiger partial charge in [-0.1, -0.05) is 0 Å². The third-order valence-corrected chi connectivity index (χ3v) is 3.50. The van der Waals surface area contributed by atoms with Crippen LogP contribution in [0.3, 0.4) is 0 Å². The van der Waals surface area contributed by atoms with Crippen molar-refractivity contribution in [3.8, 4) is 0 Å². The number of carboxylic acids is 1. The Labute approximate surface area is 108 Å². The lowest BCUT2D eigenvalue weighted by molar-refractivity contribution is -0.141. The molecule has 0 aliphatic rings. The van der Waals surface area contributed by atoms with Crippen molar-refractivity contribution in [2.24, 2.45) is 0 Å². The first-order valence-corrected chi connectivity index (χ1v) is 6.34. The number of anilines is 1. The smallest absolute Gasteiger partial charge is 0.361 e. The number of aliphatic carboxylic acids is 1. The summed E-state index contributed by atoms with van der Waals surface area (Å²) in [5.74, 6) is -3.90. The van der Waals surface area contributed by atoms with Crippen LogP contribution in [0, 0.1) is 11.6 Å². The van der Waals surface area contributed by atoms with E-state index >= 15 is 0 Å². The summed E-state index contributed by atoms with van der Waals surface area (Å²) in [6.07, 6.45) is 0. The van der Waals surface area contributed by atoms with Gasteiger partial charge in [-0.05, 0) is 26.0 Å². The molecule has 9 heteroatoms. The first kappa shape index (κ1) is 15.3. The van der Waals surface area contributed by atoms with Gasteiger partial charge in [-0.2, -0.15) is 8.42 Å². The van der Waals surface area contributed by atoms with Crippen molar-refractivity contribution >= 4 is 22.0 Å². The lowest BCUT2D eigenvalue weighted by atomic mass is 10.1. The summed E-state index contributed by atoms with van der Waals surface area (Å²) in [4.78, 5) is 11.0. The number of nitrogens with zero attached hydrogens (tertiary/aromatic N) is 1. The number of hydrogen-bond donors (Lipinski definition) is 2. The van der Waals surface area contributed by atoms with Gasteiger partial charge in [0, 0.05) is 6.07 Å². The second-order valence-corrected chi connectivity index (χ2v) is 5.46. The molecule has 1 aromatic rings. The number of benzene rings is 1. The monoisotopic (exact) mass is 295 g/mol. The van der Waals surface area contributed by atoms with Gasteiger partial charge in [-0.25, -0.2) is 17.9 Å². The molecule has 106 valence electrons.